The molecule has 1 N–H and O–H groups in total. The molecule has 0 atom stereocenters. The van der Waals surface area contributed by atoms with Gasteiger partial charge in [-0.3, -0.25) is 5.43 Å². The SMILES string of the molecule is Cc1sc(-c2ccc(C(F)(F)F)cc2)nc1CCOc1ccc(C2=NNCO2)cc1. The van der Waals surface area contributed by atoms with E-state index in [1.165, 1.54) is 23.5 Å². The number of benzene rings is 2. The van der Waals surface area contributed by atoms with E-state index in [0.717, 1.165) is 34.0 Å². The molecule has 0 amide bonds. The van der Waals surface area contributed by atoms with E-state index < -0.39 is 11.7 Å². The second-order valence-electron chi connectivity index (χ2n) is 6.58. The Balaban J connectivity index is 1.36. The molecule has 0 unspecified atom stereocenters. The van der Waals surface area contributed by atoms with Gasteiger partial charge in [0.05, 0.1) is 17.9 Å². The van der Waals surface area contributed by atoms with Crippen LogP contribution in [0.1, 0.15) is 21.7 Å². The Morgan fingerprint density at radius 3 is 2.40 bits per heavy atom. The number of aromatic nitrogens is 1. The molecular weight excluding hydrogens is 415 g/mol. The first-order valence-corrected chi connectivity index (χ1v) is 10.0. The van der Waals surface area contributed by atoms with Crippen molar-refractivity contribution in [2.24, 2.45) is 5.10 Å². The van der Waals surface area contributed by atoms with Gasteiger partial charge in [-0.15, -0.1) is 16.4 Å². The van der Waals surface area contributed by atoms with Crippen molar-refractivity contribution in [2.45, 2.75) is 19.5 Å². The van der Waals surface area contributed by atoms with Gasteiger partial charge in [0.25, 0.3) is 0 Å². The average Bonchev–Trinajstić information content (AvgIpc) is 3.39. The van der Waals surface area contributed by atoms with Crippen LogP contribution >= 0.6 is 11.3 Å². The summed E-state index contributed by atoms with van der Waals surface area (Å²) in [6.45, 7) is 2.76. The molecule has 30 heavy (non-hydrogen) atoms. The lowest BCUT2D eigenvalue weighted by atomic mass is 10.1. The van der Waals surface area contributed by atoms with Gasteiger partial charge in [-0.05, 0) is 43.3 Å². The minimum Gasteiger partial charge on any atom is -0.493 e. The Morgan fingerprint density at radius 2 is 1.77 bits per heavy atom. The summed E-state index contributed by atoms with van der Waals surface area (Å²) in [4.78, 5) is 5.61. The molecule has 1 aliphatic rings. The van der Waals surface area contributed by atoms with E-state index in [4.69, 9.17) is 9.47 Å². The van der Waals surface area contributed by atoms with E-state index in [1.54, 1.807) is 0 Å². The van der Waals surface area contributed by atoms with Gasteiger partial charge >= 0.3 is 6.18 Å². The summed E-state index contributed by atoms with van der Waals surface area (Å²) in [6, 6.07) is 12.5. The van der Waals surface area contributed by atoms with Crippen molar-refractivity contribution in [3.8, 4) is 16.3 Å². The van der Waals surface area contributed by atoms with Crippen LogP contribution < -0.4 is 10.2 Å². The average molecular weight is 433 g/mol. The van der Waals surface area contributed by atoms with E-state index in [-0.39, 0.29) is 0 Å². The van der Waals surface area contributed by atoms with Crippen LogP contribution in [0.2, 0.25) is 0 Å². The van der Waals surface area contributed by atoms with E-state index in [9.17, 15) is 13.2 Å². The van der Waals surface area contributed by atoms with Gasteiger partial charge in [0, 0.05) is 22.4 Å². The van der Waals surface area contributed by atoms with Crippen LogP contribution in [-0.2, 0) is 17.3 Å². The zero-order valence-corrected chi connectivity index (χ0v) is 16.8. The molecule has 0 saturated carbocycles. The van der Waals surface area contributed by atoms with Gasteiger partial charge in [-0.25, -0.2) is 4.98 Å². The molecule has 2 aromatic carbocycles. The molecule has 0 saturated heterocycles. The van der Waals surface area contributed by atoms with Crippen molar-refractivity contribution < 1.29 is 22.6 Å². The number of hydrogen-bond acceptors (Lipinski definition) is 6. The van der Waals surface area contributed by atoms with E-state index in [1.807, 2.05) is 31.2 Å². The number of hydrogen-bond donors (Lipinski definition) is 1. The van der Waals surface area contributed by atoms with Gasteiger partial charge in [0.15, 0.2) is 6.73 Å². The van der Waals surface area contributed by atoms with Gasteiger partial charge in [-0.2, -0.15) is 13.2 Å². The molecule has 2 heterocycles. The smallest absolute Gasteiger partial charge is 0.416 e. The fourth-order valence-corrected chi connectivity index (χ4v) is 3.89. The van der Waals surface area contributed by atoms with Crippen molar-refractivity contribution in [1.29, 1.82) is 0 Å². The quantitative estimate of drug-likeness (QED) is 0.595. The summed E-state index contributed by atoms with van der Waals surface area (Å²) >= 11 is 1.46. The summed E-state index contributed by atoms with van der Waals surface area (Å²) in [5, 5.41) is 4.73. The minimum absolute atomic E-state index is 0.370. The molecule has 3 aromatic rings. The van der Waals surface area contributed by atoms with Crippen LogP contribution in [0.25, 0.3) is 10.6 Å². The second kappa shape index (κ2) is 8.35. The number of rotatable bonds is 6. The molecule has 1 aliphatic heterocycles. The van der Waals surface area contributed by atoms with Crippen LogP contribution in [0.3, 0.4) is 0 Å². The first-order chi connectivity index (χ1) is 14.4. The first kappa shape index (κ1) is 20.2. The maximum atomic E-state index is 12.7. The summed E-state index contributed by atoms with van der Waals surface area (Å²) in [5.41, 5.74) is 4.50. The Morgan fingerprint density at radius 1 is 1.07 bits per heavy atom. The monoisotopic (exact) mass is 433 g/mol. The molecule has 156 valence electrons. The Labute approximate surface area is 175 Å². The highest BCUT2D eigenvalue weighted by atomic mass is 32.1. The molecule has 5 nitrogen and oxygen atoms in total. The Hall–Kier alpha value is -3.07. The summed E-state index contributed by atoms with van der Waals surface area (Å²) in [6.07, 6.45) is -3.74. The van der Waals surface area contributed by atoms with Crippen LogP contribution in [0, 0.1) is 6.92 Å². The number of nitrogens with zero attached hydrogens (tertiary/aromatic N) is 2. The van der Waals surface area contributed by atoms with Crippen molar-refractivity contribution in [3.63, 3.8) is 0 Å². The maximum absolute atomic E-state index is 12.7. The molecular formula is C21H18F3N3O2S. The summed E-state index contributed by atoms with van der Waals surface area (Å²) in [5.74, 6) is 1.27. The van der Waals surface area contributed by atoms with Gasteiger partial charge in [-0.1, -0.05) is 12.1 Å². The molecule has 0 fully saturated rings. The Kier molecular flexibility index (Phi) is 5.63. The van der Waals surface area contributed by atoms with Gasteiger partial charge < -0.3 is 9.47 Å². The summed E-state index contributed by atoms with van der Waals surface area (Å²) in [7, 11) is 0. The van der Waals surface area contributed by atoms with Crippen molar-refractivity contribution >= 4 is 17.2 Å². The predicted octanol–water partition coefficient (Wildman–Crippen LogP) is 5.00. The minimum atomic E-state index is -4.34. The largest absolute Gasteiger partial charge is 0.493 e. The van der Waals surface area contributed by atoms with E-state index in [2.05, 4.69) is 15.5 Å². The third-order valence-corrected chi connectivity index (χ3v) is 5.58. The highest BCUT2D eigenvalue weighted by molar-refractivity contribution is 7.15. The number of aryl methyl sites for hydroxylation is 1. The zero-order chi connectivity index (χ0) is 21.1. The van der Waals surface area contributed by atoms with E-state index in [0.29, 0.717) is 36.2 Å². The fraction of sp³-hybridized carbons (Fsp3) is 0.238. The molecule has 9 heteroatoms. The number of thiazole rings is 1. The molecule has 0 radical (unpaired) electrons. The lowest BCUT2D eigenvalue weighted by Gasteiger charge is -2.07. The summed E-state index contributed by atoms with van der Waals surface area (Å²) < 4.78 is 49.3. The van der Waals surface area contributed by atoms with Crippen molar-refractivity contribution in [1.82, 2.24) is 10.4 Å². The van der Waals surface area contributed by atoms with Crippen LogP contribution in [0.4, 0.5) is 13.2 Å². The van der Waals surface area contributed by atoms with Crippen molar-refractivity contribution in [2.75, 3.05) is 13.3 Å². The van der Waals surface area contributed by atoms with Crippen molar-refractivity contribution in [3.05, 3.63) is 70.2 Å². The molecule has 0 spiro atoms. The number of nitrogens with one attached hydrogen (secondary N) is 1. The molecule has 0 bridgehead atoms. The lowest BCUT2D eigenvalue weighted by molar-refractivity contribution is -0.137. The number of ether oxygens (including phenoxy) is 2. The molecule has 4 rings (SSSR count). The molecule has 1 aromatic heterocycles. The van der Waals surface area contributed by atoms with E-state index >= 15 is 0 Å². The number of alkyl halides is 3. The van der Waals surface area contributed by atoms with Crippen LogP contribution in [-0.4, -0.2) is 24.2 Å². The lowest BCUT2D eigenvalue weighted by Crippen LogP contribution is -2.04. The zero-order valence-electron chi connectivity index (χ0n) is 16.0. The van der Waals surface area contributed by atoms with Crippen LogP contribution in [0.5, 0.6) is 5.75 Å². The fourth-order valence-electron chi connectivity index (χ4n) is 2.93. The van der Waals surface area contributed by atoms with Gasteiger partial charge in [0.2, 0.25) is 5.90 Å². The standard InChI is InChI=1S/C21H18F3N3O2S/c1-13-18(26-20(30-13)15-2-6-16(7-3-15)21(22,23)24)10-11-28-17-8-4-14(5-9-17)19-27-25-12-29-19/h2-9,25H,10-12H2,1H3. The highest BCUT2D eigenvalue weighted by Crippen LogP contribution is 2.33. The second-order valence-corrected chi connectivity index (χ2v) is 7.79. The predicted molar refractivity (Wildman–Crippen MR) is 109 cm³/mol. The third-order valence-electron chi connectivity index (χ3n) is 4.51. The van der Waals surface area contributed by atoms with Crippen LogP contribution in [0.15, 0.2) is 53.6 Å². The normalized spacial score (nSPS) is 13.5. The number of halogens is 3. The third kappa shape index (κ3) is 4.56. The maximum Gasteiger partial charge on any atom is 0.416 e. The Bertz CT molecular complexity index is 1040. The van der Waals surface area contributed by atoms with Gasteiger partial charge in [0.1, 0.15) is 10.8 Å². The molecule has 0 aliphatic carbocycles. The first-order valence-electron chi connectivity index (χ1n) is 9.21. The topological polar surface area (TPSA) is 55.7 Å². The number of hydrazone groups is 1. The highest BCUT2D eigenvalue weighted by Gasteiger charge is 2.30.